The predicted octanol–water partition coefficient (Wildman–Crippen LogP) is 2.11. The van der Waals surface area contributed by atoms with Crippen LogP contribution in [0.25, 0.3) is 0 Å². The number of hydrogen-bond acceptors (Lipinski definition) is 6. The molecular formula is C19H23N3O4S. The van der Waals surface area contributed by atoms with Crippen molar-refractivity contribution in [3.8, 4) is 5.88 Å². The second-order valence-electron chi connectivity index (χ2n) is 6.71. The van der Waals surface area contributed by atoms with E-state index < -0.39 is 15.7 Å². The minimum absolute atomic E-state index is 0.312. The Hall–Kier alpha value is -2.16. The lowest BCUT2D eigenvalue weighted by molar-refractivity contribution is -0.0665. The Bertz CT molecular complexity index is 896. The zero-order chi connectivity index (χ0) is 18.9. The quantitative estimate of drug-likeness (QED) is 0.798. The molecule has 144 valence electrons. The summed E-state index contributed by atoms with van der Waals surface area (Å²) < 4.78 is 39.0. The summed E-state index contributed by atoms with van der Waals surface area (Å²) in [6.45, 7) is 2.14. The number of anilines is 1. The van der Waals surface area contributed by atoms with E-state index in [0.717, 1.165) is 5.82 Å². The van der Waals surface area contributed by atoms with Crippen molar-refractivity contribution in [2.75, 3.05) is 38.3 Å². The molecule has 1 aromatic carbocycles. The molecule has 0 N–H and O–H groups in total. The molecule has 2 fully saturated rings. The van der Waals surface area contributed by atoms with Gasteiger partial charge in [-0.25, -0.2) is 8.42 Å². The molecule has 27 heavy (non-hydrogen) atoms. The number of aromatic nitrogens is 1. The molecule has 8 heteroatoms. The van der Waals surface area contributed by atoms with Gasteiger partial charge in [-0.05, 0) is 18.2 Å². The average molecular weight is 389 g/mol. The normalized spacial score (nSPS) is 20.1. The molecule has 7 nitrogen and oxygen atoms in total. The SMILES string of the molecule is COc1cccc(N2CCC3(CC2)OCCN3S(=O)(=O)c2ccccc2)n1. The third-order valence-electron chi connectivity index (χ3n) is 5.24. The Morgan fingerprint density at radius 2 is 1.78 bits per heavy atom. The summed E-state index contributed by atoms with van der Waals surface area (Å²) in [6, 6.07) is 14.2. The van der Waals surface area contributed by atoms with E-state index in [1.54, 1.807) is 35.7 Å². The number of methoxy groups -OCH3 is 1. The van der Waals surface area contributed by atoms with Gasteiger partial charge in [-0.2, -0.15) is 9.29 Å². The summed E-state index contributed by atoms with van der Waals surface area (Å²) in [5.41, 5.74) is -0.774. The van der Waals surface area contributed by atoms with Crippen molar-refractivity contribution in [1.29, 1.82) is 0 Å². The van der Waals surface area contributed by atoms with Crippen molar-refractivity contribution in [2.45, 2.75) is 23.5 Å². The first-order chi connectivity index (χ1) is 13.0. The molecule has 2 aliphatic rings. The fourth-order valence-electron chi connectivity index (χ4n) is 3.83. The standard InChI is InChI=1S/C19H23N3O4S/c1-25-18-9-5-8-17(20-18)21-12-10-19(11-13-21)22(14-15-26-19)27(23,24)16-6-3-2-4-7-16/h2-9H,10-15H2,1H3. The molecule has 0 radical (unpaired) electrons. The highest BCUT2D eigenvalue weighted by atomic mass is 32.2. The van der Waals surface area contributed by atoms with Crippen molar-refractivity contribution in [2.24, 2.45) is 0 Å². The molecular weight excluding hydrogens is 366 g/mol. The van der Waals surface area contributed by atoms with E-state index in [9.17, 15) is 8.42 Å². The molecule has 2 aliphatic heterocycles. The van der Waals surface area contributed by atoms with Gasteiger partial charge >= 0.3 is 0 Å². The molecule has 0 bridgehead atoms. The van der Waals surface area contributed by atoms with Crippen LogP contribution in [-0.2, 0) is 14.8 Å². The number of hydrogen-bond donors (Lipinski definition) is 0. The molecule has 0 amide bonds. The third-order valence-corrected chi connectivity index (χ3v) is 7.20. The Kier molecular flexibility index (Phi) is 4.79. The number of piperidine rings is 1. The van der Waals surface area contributed by atoms with Gasteiger partial charge in [0.1, 0.15) is 11.5 Å². The largest absolute Gasteiger partial charge is 0.481 e. The predicted molar refractivity (Wildman–Crippen MR) is 101 cm³/mol. The molecule has 1 aromatic heterocycles. The van der Waals surface area contributed by atoms with E-state index in [1.165, 1.54) is 0 Å². The molecule has 2 saturated heterocycles. The summed E-state index contributed by atoms with van der Waals surface area (Å²) >= 11 is 0. The number of benzene rings is 1. The van der Waals surface area contributed by atoms with Gasteiger partial charge in [0.25, 0.3) is 0 Å². The van der Waals surface area contributed by atoms with Crippen LogP contribution in [0.15, 0.2) is 53.4 Å². The van der Waals surface area contributed by atoms with Crippen molar-refractivity contribution >= 4 is 15.8 Å². The zero-order valence-corrected chi connectivity index (χ0v) is 16.1. The number of ether oxygens (including phenoxy) is 2. The van der Waals surface area contributed by atoms with E-state index in [-0.39, 0.29) is 0 Å². The summed E-state index contributed by atoms with van der Waals surface area (Å²) in [6.07, 6.45) is 1.19. The van der Waals surface area contributed by atoms with Crippen LogP contribution in [0.3, 0.4) is 0 Å². The fraction of sp³-hybridized carbons (Fsp3) is 0.421. The molecule has 3 heterocycles. The second-order valence-corrected chi connectivity index (χ2v) is 8.57. The Labute approximate surface area is 159 Å². The highest BCUT2D eigenvalue weighted by molar-refractivity contribution is 7.89. The van der Waals surface area contributed by atoms with Gasteiger partial charge in [-0.15, -0.1) is 0 Å². The Morgan fingerprint density at radius 3 is 2.48 bits per heavy atom. The van der Waals surface area contributed by atoms with Gasteiger partial charge in [0.2, 0.25) is 15.9 Å². The topological polar surface area (TPSA) is 72.0 Å². The zero-order valence-electron chi connectivity index (χ0n) is 15.2. The minimum atomic E-state index is -3.59. The second kappa shape index (κ2) is 7.10. The van der Waals surface area contributed by atoms with E-state index >= 15 is 0 Å². The van der Waals surface area contributed by atoms with E-state index in [4.69, 9.17) is 9.47 Å². The van der Waals surface area contributed by atoms with Crippen LogP contribution in [0.2, 0.25) is 0 Å². The Morgan fingerprint density at radius 1 is 1.04 bits per heavy atom. The van der Waals surface area contributed by atoms with Crippen molar-refractivity contribution in [3.05, 3.63) is 48.5 Å². The molecule has 1 spiro atoms. The molecule has 0 aliphatic carbocycles. The van der Waals surface area contributed by atoms with Crippen molar-refractivity contribution < 1.29 is 17.9 Å². The monoisotopic (exact) mass is 389 g/mol. The van der Waals surface area contributed by atoms with Gasteiger partial charge in [-0.1, -0.05) is 24.3 Å². The van der Waals surface area contributed by atoms with E-state index in [2.05, 4.69) is 9.88 Å². The summed E-state index contributed by atoms with van der Waals surface area (Å²) in [5, 5.41) is 0. The number of pyridine rings is 1. The summed E-state index contributed by atoms with van der Waals surface area (Å²) in [5.74, 6) is 1.40. The smallest absolute Gasteiger partial charge is 0.245 e. The minimum Gasteiger partial charge on any atom is -0.481 e. The summed E-state index contributed by atoms with van der Waals surface area (Å²) in [4.78, 5) is 6.93. The lowest BCUT2D eigenvalue weighted by Crippen LogP contribution is -2.55. The van der Waals surface area contributed by atoms with E-state index in [0.29, 0.717) is 49.9 Å². The van der Waals surface area contributed by atoms with Gasteiger partial charge in [0.15, 0.2) is 0 Å². The van der Waals surface area contributed by atoms with Crippen molar-refractivity contribution in [1.82, 2.24) is 9.29 Å². The third kappa shape index (κ3) is 3.28. The molecule has 0 unspecified atom stereocenters. The fourth-order valence-corrected chi connectivity index (χ4v) is 5.57. The first-order valence-corrected chi connectivity index (χ1v) is 10.5. The average Bonchev–Trinajstić information content (AvgIpc) is 3.13. The number of nitrogens with zero attached hydrogens (tertiary/aromatic N) is 3. The van der Waals surface area contributed by atoms with Crippen LogP contribution in [0, 0.1) is 0 Å². The number of rotatable bonds is 4. The Balaban J connectivity index is 1.54. The maximum absolute atomic E-state index is 13.1. The van der Waals surface area contributed by atoms with E-state index in [1.807, 2.05) is 24.3 Å². The highest BCUT2D eigenvalue weighted by Gasteiger charge is 2.50. The number of sulfonamides is 1. The molecule has 0 saturated carbocycles. The maximum Gasteiger partial charge on any atom is 0.245 e. The maximum atomic E-state index is 13.1. The van der Waals surface area contributed by atoms with Gasteiger partial charge < -0.3 is 14.4 Å². The summed E-state index contributed by atoms with van der Waals surface area (Å²) in [7, 11) is -1.99. The van der Waals surface area contributed by atoms with Crippen LogP contribution in [0.5, 0.6) is 5.88 Å². The van der Waals surface area contributed by atoms with Crippen molar-refractivity contribution in [3.63, 3.8) is 0 Å². The molecule has 4 rings (SSSR count). The van der Waals surface area contributed by atoms with Gasteiger partial charge in [0, 0.05) is 38.5 Å². The van der Waals surface area contributed by atoms with Crippen LogP contribution >= 0.6 is 0 Å². The first-order valence-electron chi connectivity index (χ1n) is 9.03. The molecule has 2 aromatic rings. The highest BCUT2D eigenvalue weighted by Crippen LogP contribution is 2.39. The van der Waals surface area contributed by atoms with Crippen LogP contribution in [-0.4, -0.2) is 56.8 Å². The van der Waals surface area contributed by atoms with Crippen LogP contribution in [0.1, 0.15) is 12.8 Å². The van der Waals surface area contributed by atoms with Crippen LogP contribution < -0.4 is 9.64 Å². The lowest BCUT2D eigenvalue weighted by Gasteiger charge is -2.43. The van der Waals surface area contributed by atoms with Crippen LogP contribution in [0.4, 0.5) is 5.82 Å². The first kappa shape index (κ1) is 18.2. The van der Waals surface area contributed by atoms with Gasteiger partial charge in [0.05, 0.1) is 18.6 Å². The lowest BCUT2D eigenvalue weighted by atomic mass is 10.0. The van der Waals surface area contributed by atoms with Gasteiger partial charge in [-0.3, -0.25) is 0 Å². The molecule has 0 atom stereocenters.